The molecule has 62 valence electrons. The van der Waals surface area contributed by atoms with Crippen molar-refractivity contribution in [3.8, 4) is 0 Å². The Labute approximate surface area is 69.9 Å². The lowest BCUT2D eigenvalue weighted by atomic mass is 10.3. The SMILES string of the molecule is NC(=O)/C=N/c1cccc(N)c1. The summed E-state index contributed by atoms with van der Waals surface area (Å²) in [5.74, 6) is -0.572. The Morgan fingerprint density at radius 1 is 1.50 bits per heavy atom. The van der Waals surface area contributed by atoms with Gasteiger partial charge in [0.1, 0.15) is 0 Å². The number of amides is 1. The summed E-state index contributed by atoms with van der Waals surface area (Å²) in [4.78, 5) is 14.1. The predicted octanol–water partition coefficient (Wildman–Crippen LogP) is 0.456. The highest BCUT2D eigenvalue weighted by Gasteiger charge is 1.89. The van der Waals surface area contributed by atoms with Crippen LogP contribution in [0.15, 0.2) is 29.3 Å². The monoisotopic (exact) mass is 163 g/mol. The second-order valence-electron chi connectivity index (χ2n) is 2.26. The Morgan fingerprint density at radius 3 is 2.83 bits per heavy atom. The van der Waals surface area contributed by atoms with E-state index in [1.165, 1.54) is 0 Å². The normalized spacial score (nSPS) is 10.3. The number of hydrogen-bond acceptors (Lipinski definition) is 3. The van der Waals surface area contributed by atoms with Gasteiger partial charge in [-0.1, -0.05) is 6.07 Å². The summed E-state index contributed by atoms with van der Waals surface area (Å²) in [6.45, 7) is 0. The van der Waals surface area contributed by atoms with Crippen LogP contribution in [0.4, 0.5) is 11.4 Å². The van der Waals surface area contributed by atoms with Gasteiger partial charge in [-0.3, -0.25) is 9.79 Å². The molecule has 1 amide bonds. The second kappa shape index (κ2) is 3.52. The van der Waals surface area contributed by atoms with Crippen LogP contribution in [-0.4, -0.2) is 12.1 Å². The fourth-order valence-corrected chi connectivity index (χ4v) is 0.743. The largest absolute Gasteiger partial charge is 0.399 e. The number of nitrogens with two attached hydrogens (primary N) is 2. The van der Waals surface area contributed by atoms with Crippen molar-refractivity contribution in [2.75, 3.05) is 5.73 Å². The maximum absolute atomic E-state index is 10.3. The van der Waals surface area contributed by atoms with E-state index >= 15 is 0 Å². The molecule has 12 heavy (non-hydrogen) atoms. The van der Waals surface area contributed by atoms with E-state index < -0.39 is 5.91 Å². The van der Waals surface area contributed by atoms with E-state index in [1.807, 2.05) is 0 Å². The van der Waals surface area contributed by atoms with Crippen LogP contribution in [0.2, 0.25) is 0 Å². The molecule has 4 N–H and O–H groups in total. The highest BCUT2D eigenvalue weighted by molar-refractivity contribution is 6.25. The van der Waals surface area contributed by atoms with E-state index in [4.69, 9.17) is 11.5 Å². The van der Waals surface area contributed by atoms with Crippen LogP contribution in [0, 0.1) is 0 Å². The number of nitrogen functional groups attached to an aromatic ring is 1. The molecule has 0 aliphatic rings. The lowest BCUT2D eigenvalue weighted by molar-refractivity contribution is -0.111. The van der Waals surface area contributed by atoms with Gasteiger partial charge in [-0.25, -0.2) is 0 Å². The van der Waals surface area contributed by atoms with Crippen molar-refractivity contribution in [2.24, 2.45) is 10.7 Å². The van der Waals surface area contributed by atoms with Crippen molar-refractivity contribution in [1.82, 2.24) is 0 Å². The number of carbonyl (C=O) groups is 1. The zero-order valence-corrected chi connectivity index (χ0v) is 6.40. The number of nitrogens with zero attached hydrogens (tertiary/aromatic N) is 1. The van der Waals surface area contributed by atoms with Crippen molar-refractivity contribution in [3.05, 3.63) is 24.3 Å². The first-order valence-corrected chi connectivity index (χ1v) is 3.37. The highest BCUT2D eigenvalue weighted by atomic mass is 16.1. The first-order chi connectivity index (χ1) is 5.68. The lowest BCUT2D eigenvalue weighted by Crippen LogP contribution is -2.10. The summed E-state index contributed by atoms with van der Waals surface area (Å²) in [6.07, 6.45) is 1.05. The Bertz CT molecular complexity index is 320. The second-order valence-corrected chi connectivity index (χ2v) is 2.26. The lowest BCUT2D eigenvalue weighted by Gasteiger charge is -1.93. The number of aliphatic imine (C=N–C) groups is 1. The van der Waals surface area contributed by atoms with E-state index in [0.717, 1.165) is 6.21 Å². The standard InChI is InChI=1S/C8H9N3O/c9-6-2-1-3-7(4-6)11-5-8(10)12/h1-5H,9H2,(H2,10,12)/b11-5+. The topological polar surface area (TPSA) is 81.5 Å². The van der Waals surface area contributed by atoms with E-state index in [1.54, 1.807) is 24.3 Å². The summed E-state index contributed by atoms with van der Waals surface area (Å²) >= 11 is 0. The van der Waals surface area contributed by atoms with Crippen molar-refractivity contribution in [2.45, 2.75) is 0 Å². The number of hydrogen-bond donors (Lipinski definition) is 2. The van der Waals surface area contributed by atoms with E-state index in [9.17, 15) is 4.79 Å². The van der Waals surface area contributed by atoms with Crippen molar-refractivity contribution < 1.29 is 4.79 Å². The molecule has 1 aromatic carbocycles. The zero-order valence-electron chi connectivity index (χ0n) is 6.40. The number of primary amides is 1. The van der Waals surface area contributed by atoms with E-state index in [2.05, 4.69) is 4.99 Å². The molecule has 0 spiro atoms. The summed E-state index contributed by atoms with van der Waals surface area (Å²) in [5.41, 5.74) is 11.6. The third kappa shape index (κ3) is 2.42. The quantitative estimate of drug-likeness (QED) is 0.490. The molecular formula is C8H9N3O. The van der Waals surface area contributed by atoms with Crippen LogP contribution in [-0.2, 0) is 4.79 Å². The predicted molar refractivity (Wildman–Crippen MR) is 48.2 cm³/mol. The first-order valence-electron chi connectivity index (χ1n) is 3.37. The molecule has 0 aromatic heterocycles. The minimum absolute atomic E-state index is 0.572. The van der Waals surface area contributed by atoms with E-state index in [-0.39, 0.29) is 0 Å². The molecular weight excluding hydrogens is 154 g/mol. The zero-order chi connectivity index (χ0) is 8.97. The van der Waals surface area contributed by atoms with Gasteiger partial charge in [0, 0.05) is 5.69 Å². The van der Waals surface area contributed by atoms with Crippen LogP contribution < -0.4 is 11.5 Å². The van der Waals surface area contributed by atoms with Gasteiger partial charge < -0.3 is 11.5 Å². The van der Waals surface area contributed by atoms with Crippen molar-refractivity contribution in [1.29, 1.82) is 0 Å². The molecule has 0 saturated carbocycles. The molecule has 0 aliphatic heterocycles. The maximum Gasteiger partial charge on any atom is 0.259 e. The van der Waals surface area contributed by atoms with Gasteiger partial charge in [0.25, 0.3) is 5.91 Å². The molecule has 0 heterocycles. The van der Waals surface area contributed by atoms with E-state index in [0.29, 0.717) is 11.4 Å². The van der Waals surface area contributed by atoms with Gasteiger partial charge in [-0.05, 0) is 18.2 Å². The van der Waals surface area contributed by atoms with Gasteiger partial charge in [-0.2, -0.15) is 0 Å². The highest BCUT2D eigenvalue weighted by Crippen LogP contribution is 2.14. The van der Waals surface area contributed by atoms with Crippen LogP contribution in [0.25, 0.3) is 0 Å². The minimum atomic E-state index is -0.572. The summed E-state index contributed by atoms with van der Waals surface area (Å²) in [7, 11) is 0. The molecule has 0 aliphatic carbocycles. The van der Waals surface area contributed by atoms with Gasteiger partial charge in [-0.15, -0.1) is 0 Å². The molecule has 1 aromatic rings. The minimum Gasteiger partial charge on any atom is -0.399 e. The summed E-state index contributed by atoms with van der Waals surface area (Å²) < 4.78 is 0. The number of anilines is 1. The van der Waals surface area contributed by atoms with Crippen LogP contribution >= 0.6 is 0 Å². The van der Waals surface area contributed by atoms with Gasteiger partial charge in [0.15, 0.2) is 0 Å². The fraction of sp³-hybridized carbons (Fsp3) is 0. The Kier molecular flexibility index (Phi) is 2.42. The Morgan fingerprint density at radius 2 is 2.25 bits per heavy atom. The molecule has 4 nitrogen and oxygen atoms in total. The fourth-order valence-electron chi connectivity index (χ4n) is 0.743. The molecule has 0 bridgehead atoms. The summed E-state index contributed by atoms with van der Waals surface area (Å²) in [5, 5.41) is 0. The first kappa shape index (κ1) is 8.26. The molecule has 0 unspecified atom stereocenters. The number of carbonyl (C=O) groups excluding carboxylic acids is 1. The van der Waals surface area contributed by atoms with Gasteiger partial charge in [0.05, 0.1) is 11.9 Å². The molecule has 4 heteroatoms. The molecule has 0 atom stereocenters. The van der Waals surface area contributed by atoms with Crippen molar-refractivity contribution >= 4 is 23.5 Å². The summed E-state index contributed by atoms with van der Waals surface area (Å²) in [6, 6.07) is 6.88. The van der Waals surface area contributed by atoms with Crippen LogP contribution in [0.5, 0.6) is 0 Å². The van der Waals surface area contributed by atoms with Crippen molar-refractivity contribution in [3.63, 3.8) is 0 Å². The average Bonchev–Trinajstić information content (AvgIpc) is 2.01. The van der Waals surface area contributed by atoms with Gasteiger partial charge >= 0.3 is 0 Å². The maximum atomic E-state index is 10.3. The number of benzene rings is 1. The molecule has 1 rings (SSSR count). The molecule has 0 saturated heterocycles. The van der Waals surface area contributed by atoms with Crippen LogP contribution in [0.1, 0.15) is 0 Å². The van der Waals surface area contributed by atoms with Gasteiger partial charge in [0.2, 0.25) is 0 Å². The Balaban J connectivity index is 2.83. The average molecular weight is 163 g/mol. The molecule has 0 fully saturated rings. The third-order valence-corrected chi connectivity index (χ3v) is 1.21. The molecule has 0 radical (unpaired) electrons. The number of rotatable bonds is 2. The Hall–Kier alpha value is -1.84. The van der Waals surface area contributed by atoms with Crippen LogP contribution in [0.3, 0.4) is 0 Å². The third-order valence-electron chi connectivity index (χ3n) is 1.21. The smallest absolute Gasteiger partial charge is 0.259 e.